The predicted octanol–water partition coefficient (Wildman–Crippen LogP) is 2.85. The van der Waals surface area contributed by atoms with Crippen molar-refractivity contribution in [2.24, 2.45) is 0 Å². The number of aryl methyl sites for hydroxylation is 1. The van der Waals surface area contributed by atoms with E-state index in [-0.39, 0.29) is 16.4 Å². The third kappa shape index (κ3) is 3.09. The number of rotatable bonds is 5. The Hall–Kier alpha value is -2.86. The van der Waals surface area contributed by atoms with Crippen LogP contribution in [-0.4, -0.2) is 18.9 Å². The van der Waals surface area contributed by atoms with Crippen LogP contribution >= 0.6 is 0 Å². The molecule has 0 unspecified atom stereocenters. The minimum atomic E-state index is -4.04. The van der Waals surface area contributed by atoms with Crippen molar-refractivity contribution >= 4 is 15.9 Å². The molecule has 0 spiro atoms. The normalized spacial score (nSPS) is 11.2. The first kappa shape index (κ1) is 16.0. The van der Waals surface area contributed by atoms with Gasteiger partial charge >= 0.3 is 10.1 Å². The van der Waals surface area contributed by atoms with E-state index in [2.05, 4.69) is 0 Å². The molecule has 122 valence electrons. The van der Waals surface area contributed by atoms with Crippen LogP contribution in [0.15, 0.2) is 77.8 Å². The Kier molecular flexibility index (Phi) is 4.22. The molecule has 3 aromatic rings. The number of benzene rings is 2. The molecule has 1 aromatic heterocycles. The number of nitrogens with zero attached hydrogens (tertiary/aromatic N) is 1. The van der Waals surface area contributed by atoms with Crippen LogP contribution < -0.4 is 4.28 Å². The van der Waals surface area contributed by atoms with E-state index in [0.717, 1.165) is 4.73 Å². The molecule has 0 N–H and O–H groups in total. The SMILES string of the molecule is Cc1ccccc1S(=O)(=O)On1cccc1C(=O)c1ccccc1. The summed E-state index contributed by atoms with van der Waals surface area (Å²) >= 11 is 0. The van der Waals surface area contributed by atoms with E-state index in [0.29, 0.717) is 11.1 Å². The molecular weight excluding hydrogens is 326 g/mol. The molecule has 0 saturated heterocycles. The minimum Gasteiger partial charge on any atom is -0.287 e. The zero-order valence-electron chi connectivity index (χ0n) is 12.9. The van der Waals surface area contributed by atoms with Crippen LogP contribution in [0.4, 0.5) is 0 Å². The third-order valence-corrected chi connectivity index (χ3v) is 4.88. The second-order valence-corrected chi connectivity index (χ2v) is 6.71. The Morgan fingerprint density at radius 1 is 0.917 bits per heavy atom. The number of carbonyl (C=O) groups is 1. The molecular formula is C18H15NO4S. The fourth-order valence-electron chi connectivity index (χ4n) is 2.33. The standard InChI is InChI=1S/C18H15NO4S/c1-14-8-5-6-12-17(14)24(21,22)23-19-13-7-11-16(19)18(20)15-9-3-2-4-10-15/h2-13H,1H3. The van der Waals surface area contributed by atoms with Crippen LogP contribution in [0.3, 0.4) is 0 Å². The molecule has 5 nitrogen and oxygen atoms in total. The maximum absolute atomic E-state index is 12.5. The van der Waals surface area contributed by atoms with Gasteiger partial charge in [0.05, 0.1) is 0 Å². The van der Waals surface area contributed by atoms with Crippen molar-refractivity contribution in [1.29, 1.82) is 0 Å². The first-order valence-electron chi connectivity index (χ1n) is 7.27. The smallest absolute Gasteiger partial charge is 0.287 e. The molecule has 0 atom stereocenters. The Balaban J connectivity index is 1.94. The molecule has 0 saturated carbocycles. The second kappa shape index (κ2) is 6.33. The van der Waals surface area contributed by atoms with Gasteiger partial charge in [-0.15, -0.1) is 0 Å². The molecule has 0 bridgehead atoms. The lowest BCUT2D eigenvalue weighted by molar-refractivity contribution is 0.101. The lowest BCUT2D eigenvalue weighted by Gasteiger charge is -2.11. The molecule has 0 amide bonds. The lowest BCUT2D eigenvalue weighted by atomic mass is 10.1. The van der Waals surface area contributed by atoms with Crippen LogP contribution in [0.1, 0.15) is 21.6 Å². The number of aromatic nitrogens is 1. The Bertz CT molecular complexity index is 975. The predicted molar refractivity (Wildman–Crippen MR) is 89.3 cm³/mol. The van der Waals surface area contributed by atoms with Crippen LogP contribution in [0, 0.1) is 6.92 Å². The van der Waals surface area contributed by atoms with Crippen LogP contribution in [0.25, 0.3) is 0 Å². The summed E-state index contributed by atoms with van der Waals surface area (Å²) < 4.78 is 31.1. The lowest BCUT2D eigenvalue weighted by Crippen LogP contribution is -2.24. The van der Waals surface area contributed by atoms with E-state index in [1.807, 2.05) is 0 Å². The van der Waals surface area contributed by atoms with Gasteiger partial charge in [-0.1, -0.05) is 48.5 Å². The highest BCUT2D eigenvalue weighted by Gasteiger charge is 2.22. The highest BCUT2D eigenvalue weighted by Crippen LogP contribution is 2.17. The van der Waals surface area contributed by atoms with Gasteiger partial charge in [-0.3, -0.25) is 9.08 Å². The van der Waals surface area contributed by atoms with Crippen LogP contribution in [0.5, 0.6) is 0 Å². The van der Waals surface area contributed by atoms with Crippen molar-refractivity contribution in [1.82, 2.24) is 4.73 Å². The van der Waals surface area contributed by atoms with Gasteiger partial charge in [0, 0.05) is 11.8 Å². The summed E-state index contributed by atoms with van der Waals surface area (Å²) in [6, 6.07) is 18.2. The molecule has 0 aliphatic carbocycles. The van der Waals surface area contributed by atoms with E-state index in [4.69, 9.17) is 4.28 Å². The molecule has 0 aliphatic heterocycles. The third-order valence-electron chi connectivity index (χ3n) is 3.52. The fourth-order valence-corrected chi connectivity index (χ4v) is 3.46. The maximum Gasteiger partial charge on any atom is 0.357 e. The summed E-state index contributed by atoms with van der Waals surface area (Å²) in [7, 11) is -4.04. The van der Waals surface area contributed by atoms with Gasteiger partial charge in [0.2, 0.25) is 5.78 Å². The summed E-state index contributed by atoms with van der Waals surface area (Å²) in [6.07, 6.45) is 1.39. The van der Waals surface area contributed by atoms with Gasteiger partial charge in [0.1, 0.15) is 10.6 Å². The number of hydrogen-bond donors (Lipinski definition) is 0. The van der Waals surface area contributed by atoms with Gasteiger partial charge in [-0.05, 0) is 30.7 Å². The van der Waals surface area contributed by atoms with Crippen molar-refractivity contribution in [2.45, 2.75) is 11.8 Å². The molecule has 24 heavy (non-hydrogen) atoms. The van der Waals surface area contributed by atoms with E-state index in [9.17, 15) is 13.2 Å². The second-order valence-electron chi connectivity index (χ2n) is 5.21. The van der Waals surface area contributed by atoms with Gasteiger partial charge in [-0.2, -0.15) is 13.1 Å². The summed E-state index contributed by atoms with van der Waals surface area (Å²) in [6.45, 7) is 1.68. The Morgan fingerprint density at radius 2 is 1.58 bits per heavy atom. The zero-order chi connectivity index (χ0) is 17.2. The highest BCUT2D eigenvalue weighted by molar-refractivity contribution is 7.87. The van der Waals surface area contributed by atoms with Crippen LogP contribution in [0.2, 0.25) is 0 Å². The summed E-state index contributed by atoms with van der Waals surface area (Å²) in [4.78, 5) is 12.6. The molecule has 0 fully saturated rings. The van der Waals surface area contributed by atoms with Crippen molar-refractivity contribution in [3.63, 3.8) is 0 Å². The number of ketones is 1. The van der Waals surface area contributed by atoms with E-state index >= 15 is 0 Å². The molecule has 1 heterocycles. The fraction of sp³-hybridized carbons (Fsp3) is 0.0556. The number of carbonyl (C=O) groups excluding carboxylic acids is 1. The van der Waals surface area contributed by atoms with Gasteiger partial charge in [0.25, 0.3) is 0 Å². The molecule has 2 aromatic carbocycles. The topological polar surface area (TPSA) is 65.4 Å². The van der Waals surface area contributed by atoms with Crippen molar-refractivity contribution in [3.8, 4) is 0 Å². The summed E-state index contributed by atoms with van der Waals surface area (Å²) in [5, 5.41) is 0. The van der Waals surface area contributed by atoms with Gasteiger partial charge in [0.15, 0.2) is 0 Å². The van der Waals surface area contributed by atoms with E-state index in [1.54, 1.807) is 61.5 Å². The average Bonchev–Trinajstić information content (AvgIpc) is 3.02. The molecule has 0 aliphatic rings. The monoisotopic (exact) mass is 341 g/mol. The first-order valence-corrected chi connectivity index (χ1v) is 8.67. The van der Waals surface area contributed by atoms with E-state index in [1.165, 1.54) is 18.3 Å². The molecule has 6 heteroatoms. The van der Waals surface area contributed by atoms with Crippen molar-refractivity contribution < 1.29 is 17.5 Å². The van der Waals surface area contributed by atoms with Gasteiger partial charge in [-0.25, -0.2) is 0 Å². The maximum atomic E-state index is 12.5. The quantitative estimate of drug-likeness (QED) is 0.669. The number of hydrogen-bond acceptors (Lipinski definition) is 4. The Morgan fingerprint density at radius 3 is 2.29 bits per heavy atom. The largest absolute Gasteiger partial charge is 0.357 e. The molecule has 3 rings (SSSR count). The Labute approximate surface area is 140 Å². The summed E-state index contributed by atoms with van der Waals surface area (Å²) in [5.41, 5.74) is 1.16. The first-order chi connectivity index (χ1) is 11.5. The van der Waals surface area contributed by atoms with E-state index < -0.39 is 10.1 Å². The minimum absolute atomic E-state index is 0.0665. The van der Waals surface area contributed by atoms with Gasteiger partial charge < -0.3 is 0 Å². The average molecular weight is 341 g/mol. The highest BCUT2D eigenvalue weighted by atomic mass is 32.2. The van der Waals surface area contributed by atoms with Crippen molar-refractivity contribution in [3.05, 3.63) is 89.7 Å². The van der Waals surface area contributed by atoms with Crippen LogP contribution in [-0.2, 0) is 10.1 Å². The van der Waals surface area contributed by atoms with Crippen molar-refractivity contribution in [2.75, 3.05) is 0 Å². The zero-order valence-corrected chi connectivity index (χ0v) is 13.7. The molecule has 0 radical (unpaired) electrons. The summed E-state index contributed by atoms with van der Waals surface area (Å²) in [5.74, 6) is -0.319.